The zero-order valence-corrected chi connectivity index (χ0v) is 15.1. The Labute approximate surface area is 149 Å². The summed E-state index contributed by atoms with van der Waals surface area (Å²) in [6, 6.07) is 5.02. The highest BCUT2D eigenvalue weighted by atomic mass is 32.2. The molecule has 1 aliphatic rings. The first kappa shape index (κ1) is 19.6. The number of carbonyl (C=O) groups excluding carboxylic acids is 1. The molecule has 1 aromatic carbocycles. The van der Waals surface area contributed by atoms with E-state index in [1.54, 1.807) is 24.8 Å². The van der Waals surface area contributed by atoms with E-state index in [4.69, 9.17) is 5.26 Å². The van der Waals surface area contributed by atoms with Crippen molar-refractivity contribution in [3.63, 3.8) is 0 Å². The van der Waals surface area contributed by atoms with Crippen LogP contribution in [0, 0.1) is 11.3 Å². The van der Waals surface area contributed by atoms with Crippen LogP contribution in [0.2, 0.25) is 0 Å². The summed E-state index contributed by atoms with van der Waals surface area (Å²) >= 11 is 1.55. The first-order chi connectivity index (χ1) is 11.8. The van der Waals surface area contributed by atoms with Crippen LogP contribution >= 0.6 is 11.8 Å². The van der Waals surface area contributed by atoms with Crippen molar-refractivity contribution >= 4 is 23.4 Å². The van der Waals surface area contributed by atoms with Gasteiger partial charge in [-0.25, -0.2) is 0 Å². The van der Waals surface area contributed by atoms with Gasteiger partial charge >= 0.3 is 6.18 Å². The van der Waals surface area contributed by atoms with Crippen LogP contribution in [0.25, 0.3) is 0 Å². The number of hydrogen-bond donors (Lipinski definition) is 0. The highest BCUT2D eigenvalue weighted by molar-refractivity contribution is 8.07. The minimum Gasteiger partial charge on any atom is -0.297 e. The van der Waals surface area contributed by atoms with E-state index >= 15 is 0 Å². The molecule has 0 saturated carbocycles. The zero-order chi connectivity index (χ0) is 18.8. The van der Waals surface area contributed by atoms with Crippen LogP contribution in [0.3, 0.4) is 0 Å². The van der Waals surface area contributed by atoms with Crippen molar-refractivity contribution in [1.82, 2.24) is 4.90 Å². The molecule has 25 heavy (non-hydrogen) atoms. The lowest BCUT2D eigenvalue weighted by Gasteiger charge is -2.25. The summed E-state index contributed by atoms with van der Waals surface area (Å²) in [6.07, 6.45) is -4.44. The Morgan fingerprint density at radius 3 is 2.36 bits per heavy atom. The van der Waals surface area contributed by atoms with Crippen LogP contribution in [0.4, 0.5) is 18.9 Å². The molecule has 1 heterocycles. The standard InChI is InChI=1S/C17H20F3N3OS/c1-4-14(24)23(16-15(25-16)22(5-2)6-3)12-8-7-11(10-21)13(9-12)17(18,19)20/h7-9,15-16H,4-6H2,1-3H3. The molecule has 0 spiro atoms. The predicted octanol–water partition coefficient (Wildman–Crippen LogP) is 4.06. The van der Waals surface area contributed by atoms with Gasteiger partial charge in [-0.05, 0) is 31.3 Å². The zero-order valence-electron chi connectivity index (χ0n) is 14.3. The largest absolute Gasteiger partial charge is 0.417 e. The SMILES string of the molecule is CCC(=O)N(c1ccc(C#N)c(C(F)(F)F)c1)C1SC1N(CC)CC. The molecular formula is C17H20F3N3OS. The quantitative estimate of drug-likeness (QED) is 0.708. The molecular weight excluding hydrogens is 351 g/mol. The van der Waals surface area contributed by atoms with E-state index in [-0.39, 0.29) is 28.8 Å². The Morgan fingerprint density at radius 1 is 1.24 bits per heavy atom. The fourth-order valence-electron chi connectivity index (χ4n) is 2.75. The molecule has 0 N–H and O–H groups in total. The Morgan fingerprint density at radius 2 is 1.88 bits per heavy atom. The lowest BCUT2D eigenvalue weighted by Crippen LogP contribution is -2.38. The van der Waals surface area contributed by atoms with Crippen LogP contribution in [0.1, 0.15) is 38.3 Å². The van der Waals surface area contributed by atoms with Crippen molar-refractivity contribution in [1.29, 1.82) is 5.26 Å². The van der Waals surface area contributed by atoms with E-state index in [0.29, 0.717) is 0 Å². The van der Waals surface area contributed by atoms with Crippen LogP contribution in [0.5, 0.6) is 0 Å². The molecule has 0 bridgehead atoms. The van der Waals surface area contributed by atoms with Crippen LogP contribution in [-0.4, -0.2) is 34.6 Å². The van der Waals surface area contributed by atoms with E-state index in [9.17, 15) is 18.0 Å². The summed E-state index contributed by atoms with van der Waals surface area (Å²) in [5.74, 6) is -0.231. The van der Waals surface area contributed by atoms with Gasteiger partial charge in [0.05, 0.1) is 22.6 Å². The maximum atomic E-state index is 13.2. The summed E-state index contributed by atoms with van der Waals surface area (Å²) in [4.78, 5) is 16.0. The third kappa shape index (κ3) is 4.10. The lowest BCUT2D eigenvalue weighted by atomic mass is 10.1. The molecule has 2 rings (SSSR count). The maximum Gasteiger partial charge on any atom is 0.417 e. The molecule has 1 fully saturated rings. The molecule has 1 amide bonds. The van der Waals surface area contributed by atoms with Crippen molar-refractivity contribution < 1.29 is 18.0 Å². The number of thioether (sulfide) groups is 1. The van der Waals surface area contributed by atoms with Gasteiger partial charge in [0.15, 0.2) is 0 Å². The third-order valence-corrected chi connectivity index (χ3v) is 5.42. The molecule has 1 aliphatic heterocycles. The minimum atomic E-state index is -4.64. The Hall–Kier alpha value is -1.72. The van der Waals surface area contributed by atoms with E-state index in [1.807, 2.05) is 13.8 Å². The number of likely N-dealkylation sites (N-methyl/N-ethyl adjacent to an activating group) is 1. The number of hydrogen-bond acceptors (Lipinski definition) is 4. The normalized spacial score (nSPS) is 19.6. The van der Waals surface area contributed by atoms with Gasteiger partial charge in [-0.2, -0.15) is 18.4 Å². The van der Waals surface area contributed by atoms with E-state index in [0.717, 1.165) is 25.2 Å². The number of nitriles is 1. The van der Waals surface area contributed by atoms with Crippen molar-refractivity contribution in [2.24, 2.45) is 0 Å². The molecule has 0 aromatic heterocycles. The Kier molecular flexibility index (Phi) is 6.01. The second-order valence-corrected chi connectivity index (χ2v) is 6.83. The summed E-state index contributed by atoms with van der Waals surface area (Å²) in [6.45, 7) is 7.31. The Balaban J connectivity index is 2.41. The predicted molar refractivity (Wildman–Crippen MR) is 92.0 cm³/mol. The number of carbonyl (C=O) groups is 1. The van der Waals surface area contributed by atoms with E-state index < -0.39 is 17.3 Å². The highest BCUT2D eigenvalue weighted by Gasteiger charge is 2.48. The second-order valence-electron chi connectivity index (χ2n) is 5.60. The molecule has 4 nitrogen and oxygen atoms in total. The van der Waals surface area contributed by atoms with Gasteiger partial charge in [0.2, 0.25) is 5.91 Å². The second kappa shape index (κ2) is 7.67. The maximum absolute atomic E-state index is 13.2. The number of benzene rings is 1. The van der Waals surface area contributed by atoms with Crippen LogP contribution in [0.15, 0.2) is 18.2 Å². The number of rotatable bonds is 6. The van der Waals surface area contributed by atoms with Gasteiger partial charge < -0.3 is 0 Å². The van der Waals surface area contributed by atoms with Crippen molar-refractivity contribution in [3.05, 3.63) is 29.3 Å². The monoisotopic (exact) mass is 371 g/mol. The summed E-state index contributed by atoms with van der Waals surface area (Å²) in [7, 11) is 0. The number of amides is 1. The van der Waals surface area contributed by atoms with Gasteiger partial charge in [-0.15, -0.1) is 11.8 Å². The molecule has 0 aliphatic carbocycles. The highest BCUT2D eigenvalue weighted by Crippen LogP contribution is 2.48. The van der Waals surface area contributed by atoms with Crippen LogP contribution < -0.4 is 4.90 Å². The van der Waals surface area contributed by atoms with Gasteiger partial charge in [0, 0.05) is 12.1 Å². The van der Waals surface area contributed by atoms with Crippen LogP contribution in [-0.2, 0) is 11.0 Å². The van der Waals surface area contributed by atoms with Gasteiger partial charge in [0.1, 0.15) is 5.37 Å². The minimum absolute atomic E-state index is 0.0791. The molecule has 8 heteroatoms. The molecule has 2 unspecified atom stereocenters. The molecule has 136 valence electrons. The summed E-state index contributed by atoms with van der Waals surface area (Å²) < 4.78 is 39.7. The van der Waals surface area contributed by atoms with Gasteiger partial charge in [0.25, 0.3) is 0 Å². The van der Waals surface area contributed by atoms with Crippen molar-refractivity contribution in [2.75, 3.05) is 18.0 Å². The van der Waals surface area contributed by atoms with Crippen molar-refractivity contribution in [2.45, 2.75) is 44.1 Å². The lowest BCUT2D eigenvalue weighted by molar-refractivity contribution is -0.137. The number of anilines is 1. The fraction of sp³-hybridized carbons (Fsp3) is 0.529. The average molecular weight is 371 g/mol. The topological polar surface area (TPSA) is 47.3 Å². The molecule has 1 aromatic rings. The van der Waals surface area contributed by atoms with Crippen molar-refractivity contribution in [3.8, 4) is 6.07 Å². The van der Waals surface area contributed by atoms with E-state index in [1.165, 1.54) is 11.0 Å². The summed E-state index contributed by atoms with van der Waals surface area (Å²) in [5.41, 5.74) is -1.26. The first-order valence-electron chi connectivity index (χ1n) is 8.11. The summed E-state index contributed by atoms with van der Waals surface area (Å²) in [5, 5.41) is 8.80. The Bertz CT molecular complexity index is 683. The first-order valence-corrected chi connectivity index (χ1v) is 9.05. The number of halogens is 3. The number of alkyl halides is 3. The smallest absolute Gasteiger partial charge is 0.297 e. The molecule has 1 saturated heterocycles. The van der Waals surface area contributed by atoms with Gasteiger partial charge in [-0.1, -0.05) is 20.8 Å². The number of nitrogens with zero attached hydrogens (tertiary/aromatic N) is 3. The molecule has 2 atom stereocenters. The third-order valence-electron chi connectivity index (χ3n) is 4.15. The fourth-order valence-corrected chi connectivity index (χ4v) is 4.07. The average Bonchev–Trinajstić information content (AvgIpc) is 3.35. The van der Waals surface area contributed by atoms with Gasteiger partial charge in [-0.3, -0.25) is 14.6 Å². The van der Waals surface area contributed by atoms with E-state index in [2.05, 4.69) is 4.90 Å². The molecule has 0 radical (unpaired) electrons.